The summed E-state index contributed by atoms with van der Waals surface area (Å²) in [6.07, 6.45) is 0. The van der Waals surface area contributed by atoms with E-state index in [0.717, 1.165) is 4.57 Å². The first kappa shape index (κ1) is 14.5. The summed E-state index contributed by atoms with van der Waals surface area (Å²) < 4.78 is 0.878. The number of benzene rings is 1. The number of hydrogen-bond acceptors (Lipinski definition) is 4. The number of amides is 1. The highest BCUT2D eigenvalue weighted by molar-refractivity contribution is 6.01. The Bertz CT molecular complexity index is 834. The third-order valence-corrected chi connectivity index (χ3v) is 2.90. The SMILES string of the molecule is CCNC(=O)Cn1c(=O)c(=O)[nH]c2cccc(C(=O)O)c21. The molecule has 2 aromatic rings. The van der Waals surface area contributed by atoms with Gasteiger partial charge in [-0.25, -0.2) is 4.79 Å². The van der Waals surface area contributed by atoms with Gasteiger partial charge in [0.15, 0.2) is 0 Å². The monoisotopic (exact) mass is 291 g/mol. The third-order valence-electron chi connectivity index (χ3n) is 2.90. The normalized spacial score (nSPS) is 10.5. The van der Waals surface area contributed by atoms with Gasteiger partial charge in [-0.3, -0.25) is 19.0 Å². The van der Waals surface area contributed by atoms with Gasteiger partial charge < -0.3 is 15.4 Å². The topological polar surface area (TPSA) is 121 Å². The zero-order valence-electron chi connectivity index (χ0n) is 11.2. The lowest BCUT2D eigenvalue weighted by Gasteiger charge is -2.11. The molecule has 0 aliphatic rings. The van der Waals surface area contributed by atoms with Crippen molar-refractivity contribution in [3.63, 3.8) is 0 Å². The van der Waals surface area contributed by atoms with Crippen molar-refractivity contribution in [1.82, 2.24) is 14.9 Å². The van der Waals surface area contributed by atoms with Crippen LogP contribution < -0.4 is 16.4 Å². The van der Waals surface area contributed by atoms with Gasteiger partial charge in [0.1, 0.15) is 6.54 Å². The van der Waals surface area contributed by atoms with E-state index < -0.39 is 29.5 Å². The molecule has 0 spiro atoms. The zero-order valence-corrected chi connectivity index (χ0v) is 11.2. The van der Waals surface area contributed by atoms with Crippen molar-refractivity contribution in [3.8, 4) is 0 Å². The molecule has 0 saturated carbocycles. The lowest BCUT2D eigenvalue weighted by atomic mass is 10.1. The molecular weight excluding hydrogens is 278 g/mol. The molecule has 1 aromatic carbocycles. The lowest BCUT2D eigenvalue weighted by molar-refractivity contribution is -0.121. The summed E-state index contributed by atoms with van der Waals surface area (Å²) in [6.45, 7) is 1.65. The Labute approximate surface area is 118 Å². The van der Waals surface area contributed by atoms with Gasteiger partial charge in [0.2, 0.25) is 5.91 Å². The molecular formula is C13H13N3O5. The number of H-pyrrole nitrogens is 1. The number of carboxylic acid groups (broad SMARTS) is 1. The minimum absolute atomic E-state index is 0.0147. The van der Waals surface area contributed by atoms with Crippen molar-refractivity contribution >= 4 is 22.9 Å². The minimum atomic E-state index is -1.25. The average molecular weight is 291 g/mol. The van der Waals surface area contributed by atoms with E-state index in [1.165, 1.54) is 18.2 Å². The minimum Gasteiger partial charge on any atom is -0.478 e. The maximum absolute atomic E-state index is 11.9. The summed E-state index contributed by atoms with van der Waals surface area (Å²) in [6, 6.07) is 4.22. The first-order valence-electron chi connectivity index (χ1n) is 6.21. The van der Waals surface area contributed by atoms with E-state index in [9.17, 15) is 24.3 Å². The van der Waals surface area contributed by atoms with Crippen LogP contribution in [0, 0.1) is 0 Å². The van der Waals surface area contributed by atoms with Gasteiger partial charge in [0.05, 0.1) is 16.6 Å². The molecule has 1 heterocycles. The molecule has 0 aliphatic heterocycles. The first-order valence-corrected chi connectivity index (χ1v) is 6.21. The summed E-state index contributed by atoms with van der Waals surface area (Å²) in [5, 5.41) is 11.7. The highest BCUT2D eigenvalue weighted by Gasteiger charge is 2.17. The summed E-state index contributed by atoms with van der Waals surface area (Å²) in [4.78, 5) is 48.8. The molecule has 8 heteroatoms. The molecule has 2 rings (SSSR count). The molecule has 0 atom stereocenters. The van der Waals surface area contributed by atoms with Crippen molar-refractivity contribution in [3.05, 3.63) is 44.5 Å². The van der Waals surface area contributed by atoms with Crippen LogP contribution in [0.2, 0.25) is 0 Å². The van der Waals surface area contributed by atoms with Crippen LogP contribution in [0.4, 0.5) is 0 Å². The number of likely N-dealkylation sites (N-methyl/N-ethyl adjacent to an activating group) is 1. The van der Waals surface area contributed by atoms with Crippen LogP contribution in [-0.4, -0.2) is 33.1 Å². The molecule has 0 saturated heterocycles. The number of hydrogen-bond donors (Lipinski definition) is 3. The Balaban J connectivity index is 2.79. The van der Waals surface area contributed by atoms with E-state index in [2.05, 4.69) is 10.3 Å². The molecule has 110 valence electrons. The summed E-state index contributed by atoms with van der Waals surface area (Å²) >= 11 is 0. The van der Waals surface area contributed by atoms with Crippen molar-refractivity contribution < 1.29 is 14.7 Å². The fourth-order valence-electron chi connectivity index (χ4n) is 2.06. The van der Waals surface area contributed by atoms with Crippen molar-refractivity contribution in [1.29, 1.82) is 0 Å². The Morgan fingerprint density at radius 2 is 2.05 bits per heavy atom. The number of para-hydroxylation sites is 1. The Kier molecular flexibility index (Phi) is 3.88. The van der Waals surface area contributed by atoms with Crippen LogP contribution in [0.5, 0.6) is 0 Å². The highest BCUT2D eigenvalue weighted by Crippen LogP contribution is 2.14. The van der Waals surface area contributed by atoms with Gasteiger partial charge in [-0.2, -0.15) is 0 Å². The maximum Gasteiger partial charge on any atom is 0.337 e. The van der Waals surface area contributed by atoms with E-state index in [4.69, 9.17) is 0 Å². The van der Waals surface area contributed by atoms with Gasteiger partial charge in [0.25, 0.3) is 0 Å². The van der Waals surface area contributed by atoms with E-state index in [1.54, 1.807) is 6.92 Å². The maximum atomic E-state index is 11.9. The van der Waals surface area contributed by atoms with Crippen LogP contribution in [-0.2, 0) is 11.3 Å². The third kappa shape index (κ3) is 2.69. The first-order chi connectivity index (χ1) is 9.95. The summed E-state index contributed by atoms with van der Waals surface area (Å²) in [5.74, 6) is -1.73. The van der Waals surface area contributed by atoms with Gasteiger partial charge in [-0.1, -0.05) is 6.07 Å². The number of aromatic carboxylic acids is 1. The quantitative estimate of drug-likeness (QED) is 0.657. The molecule has 0 unspecified atom stereocenters. The fourth-order valence-corrected chi connectivity index (χ4v) is 2.06. The van der Waals surface area contributed by atoms with Crippen LogP contribution in [0.1, 0.15) is 17.3 Å². The molecule has 0 aliphatic carbocycles. The number of rotatable bonds is 4. The molecule has 8 nitrogen and oxygen atoms in total. The van der Waals surface area contributed by atoms with Crippen molar-refractivity contribution in [2.45, 2.75) is 13.5 Å². The van der Waals surface area contributed by atoms with Gasteiger partial charge in [0, 0.05) is 6.54 Å². The number of aromatic nitrogens is 2. The van der Waals surface area contributed by atoms with Crippen LogP contribution in [0.3, 0.4) is 0 Å². The van der Waals surface area contributed by atoms with Gasteiger partial charge in [-0.05, 0) is 19.1 Å². The van der Waals surface area contributed by atoms with Crippen molar-refractivity contribution in [2.24, 2.45) is 0 Å². The molecule has 0 radical (unpaired) electrons. The van der Waals surface area contributed by atoms with E-state index in [1.807, 2.05) is 0 Å². The number of aromatic amines is 1. The van der Waals surface area contributed by atoms with E-state index >= 15 is 0 Å². The van der Waals surface area contributed by atoms with Crippen molar-refractivity contribution in [2.75, 3.05) is 6.54 Å². The largest absolute Gasteiger partial charge is 0.478 e. The van der Waals surface area contributed by atoms with Crippen LogP contribution >= 0.6 is 0 Å². The average Bonchev–Trinajstić information content (AvgIpc) is 2.43. The predicted octanol–water partition coefficient (Wildman–Crippen LogP) is -0.476. The Morgan fingerprint density at radius 3 is 2.67 bits per heavy atom. The number of nitrogens with one attached hydrogen (secondary N) is 2. The molecule has 1 amide bonds. The highest BCUT2D eigenvalue weighted by atomic mass is 16.4. The number of carbonyl (C=O) groups is 2. The number of fused-ring (bicyclic) bond motifs is 1. The summed E-state index contributed by atoms with van der Waals surface area (Å²) in [7, 11) is 0. The van der Waals surface area contributed by atoms with Gasteiger partial charge >= 0.3 is 17.1 Å². The van der Waals surface area contributed by atoms with E-state index in [-0.39, 0.29) is 16.6 Å². The molecule has 1 aromatic heterocycles. The summed E-state index contributed by atoms with van der Waals surface area (Å²) in [5.41, 5.74) is -1.84. The van der Waals surface area contributed by atoms with Crippen LogP contribution in [0.15, 0.2) is 27.8 Å². The zero-order chi connectivity index (χ0) is 15.6. The predicted molar refractivity (Wildman–Crippen MR) is 74.5 cm³/mol. The second-order valence-electron chi connectivity index (χ2n) is 4.31. The molecule has 21 heavy (non-hydrogen) atoms. The fraction of sp³-hybridized carbons (Fsp3) is 0.231. The van der Waals surface area contributed by atoms with Gasteiger partial charge in [-0.15, -0.1) is 0 Å². The lowest BCUT2D eigenvalue weighted by Crippen LogP contribution is -2.40. The number of nitrogens with zero attached hydrogens (tertiary/aromatic N) is 1. The standard InChI is InChI=1S/C13H13N3O5/c1-2-14-9(17)6-16-10-7(13(20)21)4-3-5-8(10)15-11(18)12(16)19/h3-5H,2,6H2,1H3,(H,14,17)(H,15,18)(H,20,21). The Hall–Kier alpha value is -2.90. The Morgan fingerprint density at radius 1 is 1.33 bits per heavy atom. The van der Waals surface area contributed by atoms with Crippen LogP contribution in [0.25, 0.3) is 11.0 Å². The smallest absolute Gasteiger partial charge is 0.337 e. The second-order valence-corrected chi connectivity index (χ2v) is 4.31. The molecule has 0 bridgehead atoms. The molecule has 0 fully saturated rings. The van der Waals surface area contributed by atoms with E-state index in [0.29, 0.717) is 6.54 Å². The number of carboxylic acids is 1. The molecule has 3 N–H and O–H groups in total. The number of carbonyl (C=O) groups excluding carboxylic acids is 1. The second kappa shape index (κ2) is 5.61.